The van der Waals surface area contributed by atoms with E-state index in [4.69, 9.17) is 17.0 Å². The maximum absolute atomic E-state index is 12.4. The van der Waals surface area contributed by atoms with Crippen LogP contribution in [0.5, 0.6) is 5.75 Å². The molecule has 9 heteroatoms. The van der Waals surface area contributed by atoms with Gasteiger partial charge in [-0.2, -0.15) is 0 Å². The van der Waals surface area contributed by atoms with Crippen LogP contribution in [0.15, 0.2) is 48.5 Å². The van der Waals surface area contributed by atoms with E-state index in [-0.39, 0.29) is 16.9 Å². The minimum absolute atomic E-state index is 0.00420. The molecule has 0 radical (unpaired) electrons. The number of thiocarbonyl (C=S) groups is 1. The Morgan fingerprint density at radius 1 is 0.882 bits per heavy atom. The molecule has 0 unspecified atom stereocenters. The third kappa shape index (κ3) is 8.15. The molecule has 0 saturated heterocycles. The van der Waals surface area contributed by atoms with Crippen molar-refractivity contribution < 1.29 is 19.1 Å². The molecule has 0 atom stereocenters. The summed E-state index contributed by atoms with van der Waals surface area (Å²) >= 11 is 5.08. The van der Waals surface area contributed by atoms with Gasteiger partial charge in [0.25, 0.3) is 11.8 Å². The van der Waals surface area contributed by atoms with Crippen LogP contribution in [0.2, 0.25) is 0 Å². The quantitative estimate of drug-likeness (QED) is 0.232. The summed E-state index contributed by atoms with van der Waals surface area (Å²) in [6, 6.07) is 13.3. The Labute approximate surface area is 204 Å². The normalized spacial score (nSPS) is 12.4. The van der Waals surface area contributed by atoms with E-state index in [1.807, 2.05) is 0 Å². The molecule has 4 N–H and O–H groups in total. The second-order valence-corrected chi connectivity index (χ2v) is 8.54. The lowest BCUT2D eigenvalue weighted by Crippen LogP contribution is -2.48. The number of hydrogen-bond acceptors (Lipinski definition) is 5. The Morgan fingerprint density at radius 2 is 1.53 bits per heavy atom. The van der Waals surface area contributed by atoms with E-state index in [0.717, 1.165) is 25.7 Å². The molecular formula is C25H30N4O4S. The Morgan fingerprint density at radius 3 is 2.18 bits per heavy atom. The SMILES string of the molecule is CCCCCCOc1ccc(C(=O)NC(=S)NNC(=O)c2ccc(NC(=O)C3CC3)cc2)cc1. The molecule has 2 aromatic rings. The lowest BCUT2D eigenvalue weighted by Gasteiger charge is -2.12. The lowest BCUT2D eigenvalue weighted by molar-refractivity contribution is -0.117. The second-order valence-electron chi connectivity index (χ2n) is 8.14. The van der Waals surface area contributed by atoms with Crippen molar-refractivity contribution in [2.75, 3.05) is 11.9 Å². The zero-order valence-corrected chi connectivity index (χ0v) is 20.0. The van der Waals surface area contributed by atoms with Gasteiger partial charge in [-0.1, -0.05) is 26.2 Å². The van der Waals surface area contributed by atoms with Gasteiger partial charge in [-0.25, -0.2) is 0 Å². The van der Waals surface area contributed by atoms with Gasteiger partial charge in [0.1, 0.15) is 5.75 Å². The topological polar surface area (TPSA) is 109 Å². The fraction of sp³-hybridized carbons (Fsp3) is 0.360. The summed E-state index contributed by atoms with van der Waals surface area (Å²) in [7, 11) is 0. The number of anilines is 1. The van der Waals surface area contributed by atoms with E-state index in [1.54, 1.807) is 48.5 Å². The number of amides is 3. The van der Waals surface area contributed by atoms with E-state index in [1.165, 1.54) is 12.8 Å². The predicted molar refractivity (Wildman–Crippen MR) is 135 cm³/mol. The minimum Gasteiger partial charge on any atom is -0.494 e. The Hall–Kier alpha value is -3.46. The van der Waals surface area contributed by atoms with Crippen molar-refractivity contribution in [3.8, 4) is 5.75 Å². The predicted octanol–water partition coefficient (Wildman–Crippen LogP) is 3.94. The van der Waals surface area contributed by atoms with Crippen LogP contribution in [0.4, 0.5) is 5.69 Å². The molecule has 180 valence electrons. The zero-order valence-electron chi connectivity index (χ0n) is 19.2. The Kier molecular flexibility index (Phi) is 9.40. The fourth-order valence-electron chi connectivity index (χ4n) is 3.11. The van der Waals surface area contributed by atoms with Crippen LogP contribution >= 0.6 is 12.2 Å². The maximum atomic E-state index is 12.4. The molecule has 0 spiro atoms. The number of unbranched alkanes of at least 4 members (excludes halogenated alkanes) is 3. The van der Waals surface area contributed by atoms with E-state index in [9.17, 15) is 14.4 Å². The molecule has 1 aliphatic carbocycles. The van der Waals surface area contributed by atoms with Gasteiger partial charge >= 0.3 is 0 Å². The molecule has 3 amide bonds. The van der Waals surface area contributed by atoms with Crippen LogP contribution in [0.3, 0.4) is 0 Å². The number of ether oxygens (including phenoxy) is 1. The van der Waals surface area contributed by atoms with E-state index in [2.05, 4.69) is 28.4 Å². The number of benzene rings is 2. The van der Waals surface area contributed by atoms with Gasteiger partial charge in [0.05, 0.1) is 6.61 Å². The molecule has 0 aliphatic heterocycles. The largest absolute Gasteiger partial charge is 0.494 e. The van der Waals surface area contributed by atoms with Crippen LogP contribution in [0.1, 0.15) is 66.2 Å². The van der Waals surface area contributed by atoms with Crippen LogP contribution < -0.4 is 26.2 Å². The van der Waals surface area contributed by atoms with Crippen molar-refractivity contribution in [1.29, 1.82) is 0 Å². The molecule has 1 aliphatic rings. The van der Waals surface area contributed by atoms with Gasteiger partial charge in [0, 0.05) is 22.7 Å². The molecule has 0 aromatic heterocycles. The van der Waals surface area contributed by atoms with Crippen LogP contribution in [-0.4, -0.2) is 29.4 Å². The van der Waals surface area contributed by atoms with Gasteiger partial charge in [-0.3, -0.25) is 30.6 Å². The summed E-state index contributed by atoms with van der Waals surface area (Å²) in [5.74, 6) is -0.0206. The van der Waals surface area contributed by atoms with Crippen molar-refractivity contribution in [3.63, 3.8) is 0 Å². The Bertz CT molecular complexity index is 1000. The first-order chi connectivity index (χ1) is 16.5. The molecule has 0 heterocycles. The van der Waals surface area contributed by atoms with E-state index >= 15 is 0 Å². The highest BCUT2D eigenvalue weighted by Crippen LogP contribution is 2.30. The molecule has 8 nitrogen and oxygen atoms in total. The number of hydrogen-bond donors (Lipinski definition) is 4. The van der Waals surface area contributed by atoms with Crippen molar-refractivity contribution in [2.45, 2.75) is 45.4 Å². The molecule has 1 saturated carbocycles. The van der Waals surface area contributed by atoms with Gasteiger partial charge < -0.3 is 10.1 Å². The maximum Gasteiger partial charge on any atom is 0.269 e. The van der Waals surface area contributed by atoms with Crippen LogP contribution in [0.25, 0.3) is 0 Å². The third-order valence-corrected chi connectivity index (χ3v) is 5.47. The minimum atomic E-state index is -0.433. The summed E-state index contributed by atoms with van der Waals surface area (Å²) in [5, 5.41) is 5.29. The lowest BCUT2D eigenvalue weighted by atomic mass is 10.2. The summed E-state index contributed by atoms with van der Waals surface area (Å²) < 4.78 is 5.68. The number of rotatable bonds is 10. The molecule has 3 rings (SSSR count). The average molecular weight is 483 g/mol. The van der Waals surface area contributed by atoms with Crippen molar-refractivity contribution in [3.05, 3.63) is 59.7 Å². The third-order valence-electron chi connectivity index (χ3n) is 5.26. The first kappa shape index (κ1) is 25.2. The molecule has 34 heavy (non-hydrogen) atoms. The highest BCUT2D eigenvalue weighted by molar-refractivity contribution is 7.80. The Balaban J connectivity index is 1.38. The number of carbonyl (C=O) groups is 3. The molecule has 1 fully saturated rings. The van der Waals surface area contributed by atoms with Gasteiger partial charge in [-0.05, 0) is 80.0 Å². The standard InChI is InChI=1S/C25H30N4O4S/c1-2-3-4-5-16-33-21-14-10-18(11-15-21)23(31)27-25(34)29-28-24(32)19-8-12-20(13-9-19)26-22(30)17-6-7-17/h8-15,17H,2-7,16H2,1H3,(H,26,30)(H,28,32)(H2,27,29,31,34). The molecule has 0 bridgehead atoms. The fourth-order valence-corrected chi connectivity index (χ4v) is 3.25. The van der Waals surface area contributed by atoms with Crippen molar-refractivity contribution in [2.24, 2.45) is 5.92 Å². The van der Waals surface area contributed by atoms with Gasteiger partial charge in [-0.15, -0.1) is 0 Å². The molecule has 2 aromatic carbocycles. The highest BCUT2D eigenvalue weighted by atomic mass is 32.1. The van der Waals surface area contributed by atoms with Crippen molar-refractivity contribution >= 4 is 40.7 Å². The van der Waals surface area contributed by atoms with Crippen molar-refractivity contribution in [1.82, 2.24) is 16.2 Å². The number of nitrogens with one attached hydrogen (secondary N) is 4. The van der Waals surface area contributed by atoms with Crippen LogP contribution in [0, 0.1) is 5.92 Å². The monoisotopic (exact) mass is 482 g/mol. The molecular weight excluding hydrogens is 452 g/mol. The highest BCUT2D eigenvalue weighted by Gasteiger charge is 2.29. The van der Waals surface area contributed by atoms with E-state index in [0.29, 0.717) is 29.2 Å². The summed E-state index contributed by atoms with van der Waals surface area (Å²) in [5.41, 5.74) is 6.37. The zero-order chi connectivity index (χ0) is 24.3. The smallest absolute Gasteiger partial charge is 0.269 e. The summed E-state index contributed by atoms with van der Waals surface area (Å²) in [4.78, 5) is 36.5. The first-order valence-electron chi connectivity index (χ1n) is 11.5. The number of carbonyl (C=O) groups excluding carboxylic acids is 3. The number of hydrazine groups is 1. The van der Waals surface area contributed by atoms with Gasteiger partial charge in [0.15, 0.2) is 5.11 Å². The van der Waals surface area contributed by atoms with E-state index < -0.39 is 11.8 Å². The summed E-state index contributed by atoms with van der Waals surface area (Å²) in [6.45, 7) is 2.81. The van der Waals surface area contributed by atoms with Gasteiger partial charge in [0.2, 0.25) is 5.91 Å². The summed E-state index contributed by atoms with van der Waals surface area (Å²) in [6.07, 6.45) is 6.37. The first-order valence-corrected chi connectivity index (χ1v) is 11.9. The van der Waals surface area contributed by atoms with Crippen LogP contribution in [-0.2, 0) is 4.79 Å². The average Bonchev–Trinajstić information content (AvgIpc) is 3.69. The second kappa shape index (κ2) is 12.7.